The van der Waals surface area contributed by atoms with E-state index in [4.69, 9.17) is 9.72 Å². The average molecular weight is 425 g/mol. The first-order valence-electron chi connectivity index (χ1n) is 10.7. The molecule has 1 fully saturated rings. The van der Waals surface area contributed by atoms with Gasteiger partial charge in [0, 0.05) is 49.5 Å². The lowest BCUT2D eigenvalue weighted by Gasteiger charge is -2.36. The average Bonchev–Trinajstić information content (AvgIpc) is 2.88. The first-order valence-corrected chi connectivity index (χ1v) is 10.7. The van der Waals surface area contributed by atoms with Crippen LogP contribution in [0, 0.1) is 0 Å². The normalized spacial score (nSPS) is 13.9. The quantitative estimate of drug-likeness (QED) is 0.490. The Bertz CT molecular complexity index is 1250. The molecule has 1 aliphatic rings. The summed E-state index contributed by atoms with van der Waals surface area (Å²) in [6.07, 6.45) is 3.51. The van der Waals surface area contributed by atoms with Crippen molar-refractivity contribution in [2.75, 3.05) is 38.2 Å². The minimum atomic E-state index is 0.0356. The molecular weight excluding hydrogens is 400 g/mol. The van der Waals surface area contributed by atoms with Crippen molar-refractivity contribution in [1.82, 2.24) is 14.9 Å². The number of nitrogens with zero attached hydrogens (tertiary/aromatic N) is 4. The fraction of sp³-hybridized carbons (Fsp3) is 0.192. The van der Waals surface area contributed by atoms with Crippen LogP contribution < -0.4 is 9.64 Å². The largest absolute Gasteiger partial charge is 0.495 e. The summed E-state index contributed by atoms with van der Waals surface area (Å²) in [5, 5.41) is 0.872. The van der Waals surface area contributed by atoms with E-state index in [1.165, 1.54) is 0 Å². The van der Waals surface area contributed by atoms with Crippen molar-refractivity contribution in [1.29, 1.82) is 0 Å². The Hall–Kier alpha value is -3.93. The molecule has 0 N–H and O–H groups in total. The van der Waals surface area contributed by atoms with Crippen LogP contribution in [0.25, 0.3) is 22.2 Å². The van der Waals surface area contributed by atoms with Crippen LogP contribution in [0.2, 0.25) is 0 Å². The summed E-state index contributed by atoms with van der Waals surface area (Å²) in [6.45, 7) is 2.81. The molecular formula is C26H24N4O2. The van der Waals surface area contributed by atoms with Crippen LogP contribution in [-0.4, -0.2) is 54.1 Å². The number of rotatable bonds is 4. The Balaban J connectivity index is 1.43. The van der Waals surface area contributed by atoms with E-state index >= 15 is 0 Å². The molecule has 1 saturated heterocycles. The van der Waals surface area contributed by atoms with Gasteiger partial charge < -0.3 is 14.5 Å². The number of aromatic nitrogens is 2. The van der Waals surface area contributed by atoms with Crippen LogP contribution in [0.4, 0.5) is 5.69 Å². The summed E-state index contributed by atoms with van der Waals surface area (Å²) in [5.74, 6) is 0.891. The highest BCUT2D eigenvalue weighted by atomic mass is 16.5. The zero-order valence-corrected chi connectivity index (χ0v) is 17.9. The van der Waals surface area contributed by atoms with E-state index in [1.807, 2.05) is 65.6 Å². The number of amides is 1. The van der Waals surface area contributed by atoms with E-state index in [0.717, 1.165) is 46.7 Å². The number of ether oxygens (including phenoxy) is 1. The molecule has 0 spiro atoms. The highest BCUT2D eigenvalue weighted by molar-refractivity contribution is 6.07. The minimum absolute atomic E-state index is 0.0356. The predicted molar refractivity (Wildman–Crippen MR) is 126 cm³/mol. The van der Waals surface area contributed by atoms with Crippen molar-refractivity contribution in [2.45, 2.75) is 0 Å². The smallest absolute Gasteiger partial charge is 0.254 e. The zero-order valence-electron chi connectivity index (χ0n) is 17.9. The van der Waals surface area contributed by atoms with Crippen LogP contribution in [0.15, 0.2) is 79.1 Å². The number of carbonyl (C=O) groups is 1. The Morgan fingerprint density at radius 3 is 2.50 bits per heavy atom. The van der Waals surface area contributed by atoms with Crippen LogP contribution >= 0.6 is 0 Å². The van der Waals surface area contributed by atoms with Gasteiger partial charge in [-0.15, -0.1) is 0 Å². The molecule has 2 aromatic carbocycles. The first kappa shape index (κ1) is 20.0. The van der Waals surface area contributed by atoms with Crippen LogP contribution in [0.1, 0.15) is 10.4 Å². The molecule has 160 valence electrons. The van der Waals surface area contributed by atoms with Crippen molar-refractivity contribution in [3.05, 3.63) is 84.7 Å². The number of anilines is 1. The van der Waals surface area contributed by atoms with Gasteiger partial charge in [-0.1, -0.05) is 30.3 Å². The fourth-order valence-corrected chi connectivity index (χ4v) is 4.23. The van der Waals surface area contributed by atoms with Crippen LogP contribution in [0.3, 0.4) is 0 Å². The Morgan fingerprint density at radius 1 is 0.938 bits per heavy atom. The summed E-state index contributed by atoms with van der Waals surface area (Å²) in [7, 11) is 1.69. The van der Waals surface area contributed by atoms with Gasteiger partial charge in [-0.2, -0.15) is 0 Å². The highest BCUT2D eigenvalue weighted by Gasteiger charge is 2.25. The number of carbonyl (C=O) groups excluding carboxylic acids is 1. The third kappa shape index (κ3) is 3.75. The number of hydrogen-bond acceptors (Lipinski definition) is 5. The van der Waals surface area contributed by atoms with Crippen LogP contribution in [0.5, 0.6) is 5.75 Å². The molecule has 0 aliphatic carbocycles. The number of hydrogen-bond donors (Lipinski definition) is 0. The number of piperazine rings is 1. The van der Waals surface area contributed by atoms with Crippen molar-refractivity contribution in [3.8, 4) is 17.0 Å². The maximum atomic E-state index is 13.6. The van der Waals surface area contributed by atoms with Crippen molar-refractivity contribution >= 4 is 22.5 Å². The van der Waals surface area contributed by atoms with E-state index in [0.29, 0.717) is 18.7 Å². The fourth-order valence-electron chi connectivity index (χ4n) is 4.23. The zero-order chi connectivity index (χ0) is 21.9. The van der Waals surface area contributed by atoms with Crippen molar-refractivity contribution < 1.29 is 9.53 Å². The molecule has 5 rings (SSSR count). The second-order valence-electron chi connectivity index (χ2n) is 7.77. The molecule has 1 aliphatic heterocycles. The van der Waals surface area contributed by atoms with Gasteiger partial charge in [0.05, 0.1) is 29.6 Å². The van der Waals surface area contributed by atoms with E-state index in [-0.39, 0.29) is 5.91 Å². The summed E-state index contributed by atoms with van der Waals surface area (Å²) < 4.78 is 5.51. The number of fused-ring (bicyclic) bond motifs is 1. The van der Waals surface area contributed by atoms with Gasteiger partial charge in [-0.05, 0) is 36.4 Å². The van der Waals surface area contributed by atoms with Gasteiger partial charge >= 0.3 is 0 Å². The molecule has 0 saturated carbocycles. The van der Waals surface area contributed by atoms with E-state index in [1.54, 1.807) is 19.5 Å². The summed E-state index contributed by atoms with van der Waals surface area (Å²) >= 11 is 0. The maximum Gasteiger partial charge on any atom is 0.254 e. The molecule has 0 unspecified atom stereocenters. The third-order valence-corrected chi connectivity index (χ3v) is 5.90. The van der Waals surface area contributed by atoms with Crippen molar-refractivity contribution in [2.24, 2.45) is 0 Å². The second kappa shape index (κ2) is 8.67. The van der Waals surface area contributed by atoms with Gasteiger partial charge in [0.1, 0.15) is 5.75 Å². The van der Waals surface area contributed by atoms with Gasteiger partial charge in [-0.3, -0.25) is 9.78 Å². The number of benzene rings is 2. The molecule has 0 atom stereocenters. The van der Waals surface area contributed by atoms with Gasteiger partial charge in [0.15, 0.2) is 0 Å². The lowest BCUT2D eigenvalue weighted by atomic mass is 10.0. The number of pyridine rings is 2. The maximum absolute atomic E-state index is 13.6. The standard InChI is InChI=1S/C26H24N4O2/c1-32-25-11-5-4-10-24(25)29-13-15-30(16-14-29)26(31)21-17-23(19-7-6-12-27-18-19)28-22-9-3-2-8-20(21)22/h2-12,17-18H,13-16H2,1H3. The van der Waals surface area contributed by atoms with E-state index in [9.17, 15) is 4.79 Å². The summed E-state index contributed by atoms with van der Waals surface area (Å²) in [4.78, 5) is 26.8. The topological polar surface area (TPSA) is 58.6 Å². The predicted octanol–water partition coefficient (Wildman–Crippen LogP) is 4.27. The molecule has 6 heteroatoms. The monoisotopic (exact) mass is 424 g/mol. The van der Waals surface area contributed by atoms with Crippen molar-refractivity contribution in [3.63, 3.8) is 0 Å². The Kier molecular flexibility index (Phi) is 5.42. The van der Waals surface area contributed by atoms with E-state index in [2.05, 4.69) is 16.0 Å². The molecule has 3 heterocycles. The SMILES string of the molecule is COc1ccccc1N1CCN(C(=O)c2cc(-c3cccnc3)nc3ccccc23)CC1. The molecule has 0 bridgehead atoms. The molecule has 1 amide bonds. The first-order chi connectivity index (χ1) is 15.7. The lowest BCUT2D eigenvalue weighted by molar-refractivity contribution is 0.0748. The molecule has 6 nitrogen and oxygen atoms in total. The minimum Gasteiger partial charge on any atom is -0.495 e. The van der Waals surface area contributed by atoms with Gasteiger partial charge in [0.2, 0.25) is 0 Å². The third-order valence-electron chi connectivity index (χ3n) is 5.90. The van der Waals surface area contributed by atoms with Gasteiger partial charge in [-0.25, -0.2) is 4.98 Å². The van der Waals surface area contributed by atoms with Crippen LogP contribution in [-0.2, 0) is 0 Å². The highest BCUT2D eigenvalue weighted by Crippen LogP contribution is 2.29. The van der Waals surface area contributed by atoms with Gasteiger partial charge in [0.25, 0.3) is 5.91 Å². The Labute approximate surface area is 187 Å². The lowest BCUT2D eigenvalue weighted by Crippen LogP contribution is -2.49. The van der Waals surface area contributed by atoms with E-state index < -0.39 is 0 Å². The number of methoxy groups -OCH3 is 1. The molecule has 2 aromatic heterocycles. The Morgan fingerprint density at radius 2 is 1.72 bits per heavy atom. The summed E-state index contributed by atoms with van der Waals surface area (Å²) in [5.41, 5.74) is 4.21. The molecule has 0 radical (unpaired) electrons. The number of para-hydroxylation sites is 3. The second-order valence-corrected chi connectivity index (χ2v) is 7.77. The summed E-state index contributed by atoms with van der Waals surface area (Å²) in [6, 6.07) is 21.6. The molecule has 4 aromatic rings. The molecule has 32 heavy (non-hydrogen) atoms.